The van der Waals surface area contributed by atoms with Gasteiger partial charge in [0, 0.05) is 30.3 Å². The average Bonchev–Trinajstić information content (AvgIpc) is 3.23. The number of aliphatic imine (C=N–C) groups is 1. The van der Waals surface area contributed by atoms with Gasteiger partial charge in [-0.05, 0) is 48.9 Å². The average molecular weight is 504 g/mol. The Morgan fingerprint density at radius 2 is 1.86 bits per heavy atom. The number of nitrogens with one attached hydrogen (secondary N) is 1. The Hall–Kier alpha value is -3.35. The van der Waals surface area contributed by atoms with E-state index in [0.29, 0.717) is 12.3 Å². The molecule has 1 N–H and O–H groups in total. The number of amides is 1. The molecule has 2 aromatic carbocycles. The van der Waals surface area contributed by atoms with E-state index in [-0.39, 0.29) is 11.5 Å². The van der Waals surface area contributed by atoms with E-state index in [1.54, 1.807) is 11.8 Å². The minimum Gasteiger partial charge on any atom is -0.375 e. The third kappa shape index (κ3) is 8.11. The standard InChI is InChI=1S/C28H31N3O2S.C2H6/c1-6-15-33-18-24-19-34-23(5)31(24)17-22(4)25-12-8-10-14-27(25)30-28(32)21(3)16-29-26-13-9-7-11-20(26)2;1-2/h7-14,16-17,19H,3,5-6,15,18H2,1-2,4H3,(H,30,32);1-2H3/b22-17+,29-16?;. The molecule has 0 saturated carbocycles. The summed E-state index contributed by atoms with van der Waals surface area (Å²) in [5.74, 6) is -0.299. The Labute approximate surface area is 220 Å². The first kappa shape index (κ1) is 28.9. The molecule has 0 aromatic heterocycles. The van der Waals surface area contributed by atoms with Crippen LogP contribution in [0.5, 0.6) is 0 Å². The van der Waals surface area contributed by atoms with Crippen molar-refractivity contribution in [2.24, 2.45) is 4.99 Å². The molecule has 1 aliphatic rings. The lowest BCUT2D eigenvalue weighted by Gasteiger charge is -2.20. The van der Waals surface area contributed by atoms with E-state index in [9.17, 15) is 4.79 Å². The summed E-state index contributed by atoms with van der Waals surface area (Å²) in [5, 5.41) is 5.95. The molecule has 5 nitrogen and oxygen atoms in total. The number of carbonyl (C=O) groups excluding carboxylic acids is 1. The number of thioether (sulfide) groups is 1. The lowest BCUT2D eigenvalue weighted by molar-refractivity contribution is -0.112. The number of ether oxygens (including phenoxy) is 1. The highest BCUT2D eigenvalue weighted by molar-refractivity contribution is 8.06. The number of anilines is 1. The first-order valence-corrected chi connectivity index (χ1v) is 13.1. The van der Waals surface area contributed by atoms with Crippen molar-refractivity contribution in [1.29, 1.82) is 0 Å². The highest BCUT2D eigenvalue weighted by atomic mass is 32.2. The van der Waals surface area contributed by atoms with Crippen LogP contribution in [0.3, 0.4) is 0 Å². The Kier molecular flexibility index (Phi) is 12.0. The van der Waals surface area contributed by atoms with Crippen molar-refractivity contribution in [3.05, 3.63) is 101 Å². The number of benzene rings is 2. The highest BCUT2D eigenvalue weighted by Gasteiger charge is 2.19. The van der Waals surface area contributed by atoms with Gasteiger partial charge in [-0.3, -0.25) is 9.79 Å². The maximum absolute atomic E-state index is 12.8. The first-order valence-electron chi connectivity index (χ1n) is 12.2. The third-order valence-electron chi connectivity index (χ3n) is 5.20. The number of para-hydroxylation sites is 2. The molecule has 0 saturated heterocycles. The van der Waals surface area contributed by atoms with E-state index in [1.165, 1.54) is 6.21 Å². The van der Waals surface area contributed by atoms with Crippen LogP contribution in [0, 0.1) is 6.92 Å². The summed E-state index contributed by atoms with van der Waals surface area (Å²) in [6, 6.07) is 15.5. The van der Waals surface area contributed by atoms with Gasteiger partial charge in [0.25, 0.3) is 5.91 Å². The van der Waals surface area contributed by atoms with Gasteiger partial charge >= 0.3 is 0 Å². The molecule has 1 amide bonds. The van der Waals surface area contributed by atoms with Gasteiger partial charge in [0.15, 0.2) is 0 Å². The Bertz CT molecular complexity index is 1160. The van der Waals surface area contributed by atoms with E-state index >= 15 is 0 Å². The Morgan fingerprint density at radius 3 is 2.58 bits per heavy atom. The molecule has 0 bridgehead atoms. The van der Waals surface area contributed by atoms with Crippen molar-refractivity contribution in [3.63, 3.8) is 0 Å². The lowest BCUT2D eigenvalue weighted by Crippen LogP contribution is -2.16. The summed E-state index contributed by atoms with van der Waals surface area (Å²) in [6.45, 7) is 19.4. The predicted octanol–water partition coefficient (Wildman–Crippen LogP) is 8.07. The molecular weight excluding hydrogens is 466 g/mol. The van der Waals surface area contributed by atoms with Crippen molar-refractivity contribution < 1.29 is 9.53 Å². The number of hydrogen-bond acceptors (Lipinski definition) is 5. The minimum absolute atomic E-state index is 0.280. The summed E-state index contributed by atoms with van der Waals surface area (Å²) in [5.41, 5.74) is 5.78. The monoisotopic (exact) mass is 503 g/mol. The van der Waals surface area contributed by atoms with Crippen LogP contribution in [0.15, 0.2) is 94.6 Å². The van der Waals surface area contributed by atoms with E-state index in [4.69, 9.17) is 4.74 Å². The maximum Gasteiger partial charge on any atom is 0.256 e. The van der Waals surface area contributed by atoms with Crippen LogP contribution in [0.2, 0.25) is 0 Å². The number of carbonyl (C=O) groups is 1. The molecule has 0 radical (unpaired) electrons. The molecule has 36 heavy (non-hydrogen) atoms. The summed E-state index contributed by atoms with van der Waals surface area (Å²) in [7, 11) is 0. The zero-order valence-electron chi connectivity index (χ0n) is 22.0. The van der Waals surface area contributed by atoms with Crippen LogP contribution in [-0.2, 0) is 9.53 Å². The van der Waals surface area contributed by atoms with E-state index in [0.717, 1.165) is 46.1 Å². The molecule has 2 aromatic rings. The zero-order chi connectivity index (χ0) is 26.5. The van der Waals surface area contributed by atoms with Crippen LogP contribution >= 0.6 is 11.8 Å². The molecule has 0 spiro atoms. The second-order valence-electron chi connectivity index (χ2n) is 7.93. The van der Waals surface area contributed by atoms with Gasteiger partial charge in [0.05, 0.1) is 28.6 Å². The van der Waals surface area contributed by atoms with Crippen molar-refractivity contribution >= 4 is 40.8 Å². The number of hydrogen-bond donors (Lipinski definition) is 1. The normalized spacial score (nSPS) is 13.4. The van der Waals surface area contributed by atoms with Crippen LogP contribution in [-0.4, -0.2) is 30.2 Å². The van der Waals surface area contributed by atoms with Crippen LogP contribution in [0.25, 0.3) is 5.57 Å². The molecule has 0 fully saturated rings. The second-order valence-corrected chi connectivity index (χ2v) is 8.87. The van der Waals surface area contributed by atoms with Gasteiger partial charge in [-0.15, -0.1) is 0 Å². The van der Waals surface area contributed by atoms with Crippen molar-refractivity contribution in [3.8, 4) is 0 Å². The number of allylic oxidation sites excluding steroid dienone is 1. The molecule has 190 valence electrons. The summed E-state index contributed by atoms with van der Waals surface area (Å²) in [6.07, 6.45) is 4.51. The quantitative estimate of drug-likeness (QED) is 0.202. The van der Waals surface area contributed by atoms with E-state index < -0.39 is 0 Å². The number of rotatable bonds is 10. The fourth-order valence-corrected chi connectivity index (χ4v) is 4.04. The van der Waals surface area contributed by atoms with Crippen LogP contribution in [0.4, 0.5) is 11.4 Å². The number of nitrogens with zero attached hydrogens (tertiary/aromatic N) is 2. The Morgan fingerprint density at radius 1 is 1.17 bits per heavy atom. The molecule has 0 aliphatic carbocycles. The van der Waals surface area contributed by atoms with E-state index in [1.807, 2.05) is 87.3 Å². The van der Waals surface area contributed by atoms with Gasteiger partial charge in [-0.1, -0.05) is 82.1 Å². The molecule has 0 unspecified atom stereocenters. The molecule has 1 heterocycles. The molecule has 3 rings (SSSR count). The van der Waals surface area contributed by atoms with Crippen molar-refractivity contribution in [1.82, 2.24) is 4.90 Å². The summed E-state index contributed by atoms with van der Waals surface area (Å²) >= 11 is 1.58. The van der Waals surface area contributed by atoms with Gasteiger partial charge in [0.1, 0.15) is 0 Å². The fraction of sp³-hybridized carbons (Fsp3) is 0.267. The van der Waals surface area contributed by atoms with E-state index in [2.05, 4.69) is 35.8 Å². The SMILES string of the molecule is C=C(C=Nc1ccccc1C)C(=O)Nc1ccccc1/C(C)=C/N1C(=C)SC=C1COCCC.CC. The predicted molar refractivity (Wildman–Crippen MR) is 156 cm³/mol. The van der Waals surface area contributed by atoms with Crippen LogP contribution in [0.1, 0.15) is 45.2 Å². The Balaban J connectivity index is 0.00000222. The largest absolute Gasteiger partial charge is 0.375 e. The zero-order valence-corrected chi connectivity index (χ0v) is 22.8. The summed E-state index contributed by atoms with van der Waals surface area (Å²) < 4.78 is 5.72. The summed E-state index contributed by atoms with van der Waals surface area (Å²) in [4.78, 5) is 19.3. The topological polar surface area (TPSA) is 53.9 Å². The van der Waals surface area contributed by atoms with Gasteiger partial charge in [0.2, 0.25) is 0 Å². The molecule has 1 aliphatic heterocycles. The van der Waals surface area contributed by atoms with Crippen molar-refractivity contribution in [2.75, 3.05) is 18.5 Å². The molecule has 0 atom stereocenters. The highest BCUT2D eigenvalue weighted by Crippen LogP contribution is 2.35. The van der Waals surface area contributed by atoms with Gasteiger partial charge < -0.3 is 15.0 Å². The van der Waals surface area contributed by atoms with Gasteiger partial charge in [-0.25, -0.2) is 0 Å². The second kappa shape index (κ2) is 14.9. The maximum atomic E-state index is 12.8. The smallest absolute Gasteiger partial charge is 0.256 e. The lowest BCUT2D eigenvalue weighted by atomic mass is 10.1. The first-order chi connectivity index (χ1) is 17.4. The minimum atomic E-state index is -0.299. The third-order valence-corrected chi connectivity index (χ3v) is 6.06. The molecular formula is C30H37N3O2S. The molecule has 6 heteroatoms. The number of aryl methyl sites for hydroxylation is 1. The van der Waals surface area contributed by atoms with Crippen molar-refractivity contribution in [2.45, 2.75) is 41.0 Å². The fourth-order valence-electron chi connectivity index (χ4n) is 3.31. The van der Waals surface area contributed by atoms with Gasteiger partial charge in [-0.2, -0.15) is 0 Å². The van der Waals surface area contributed by atoms with Crippen LogP contribution < -0.4 is 5.32 Å².